The van der Waals surface area contributed by atoms with E-state index in [1.165, 1.54) is 0 Å². The number of amides is 3. The van der Waals surface area contributed by atoms with Gasteiger partial charge >= 0.3 is 6.03 Å². The lowest BCUT2D eigenvalue weighted by molar-refractivity contribution is -0.118. The fraction of sp³-hybridized carbons (Fsp3) is 0.429. The second kappa shape index (κ2) is 7.49. The Morgan fingerprint density at radius 3 is 2.10 bits per heavy atom. The van der Waals surface area contributed by atoms with E-state index in [4.69, 9.17) is 5.73 Å². The van der Waals surface area contributed by atoms with Gasteiger partial charge in [0.15, 0.2) is 0 Å². The van der Waals surface area contributed by atoms with E-state index in [0.717, 1.165) is 6.42 Å². The molecule has 0 fully saturated rings. The first-order valence-corrected chi connectivity index (χ1v) is 6.63. The van der Waals surface area contributed by atoms with Crippen molar-refractivity contribution in [2.24, 2.45) is 11.7 Å². The predicted molar refractivity (Wildman–Crippen MR) is 80.6 cm³/mol. The number of urea groups is 1. The van der Waals surface area contributed by atoms with E-state index in [0.29, 0.717) is 11.4 Å². The summed E-state index contributed by atoms with van der Waals surface area (Å²) in [5.41, 5.74) is 7.15. The minimum atomic E-state index is -0.524. The standard InChI is InChI=1S/C14H22N4O2/c1-4-9(2)12(15)13(19)17-10-5-7-11(8-6-10)18-14(20)16-3/h5-9,12H,4,15H2,1-3H3,(H,17,19)(H2,16,18,20)/t9?,12-/m0/s1. The van der Waals surface area contributed by atoms with Gasteiger partial charge in [0.25, 0.3) is 0 Å². The van der Waals surface area contributed by atoms with Gasteiger partial charge < -0.3 is 21.7 Å². The number of carbonyl (C=O) groups is 2. The lowest BCUT2D eigenvalue weighted by Gasteiger charge is -2.17. The Kier molecular flexibility index (Phi) is 5.99. The van der Waals surface area contributed by atoms with E-state index in [2.05, 4.69) is 16.0 Å². The second-order valence-electron chi connectivity index (χ2n) is 4.68. The summed E-state index contributed by atoms with van der Waals surface area (Å²) >= 11 is 0. The van der Waals surface area contributed by atoms with Crippen LogP contribution in [0.25, 0.3) is 0 Å². The van der Waals surface area contributed by atoms with Crippen LogP contribution in [0.2, 0.25) is 0 Å². The van der Waals surface area contributed by atoms with Crippen molar-refractivity contribution in [3.8, 4) is 0 Å². The van der Waals surface area contributed by atoms with Crippen molar-refractivity contribution in [3.63, 3.8) is 0 Å². The Bertz CT molecular complexity index is 459. The number of hydrogen-bond donors (Lipinski definition) is 4. The third-order valence-corrected chi connectivity index (χ3v) is 3.20. The molecule has 6 heteroatoms. The topological polar surface area (TPSA) is 96.2 Å². The van der Waals surface area contributed by atoms with Gasteiger partial charge in [-0.1, -0.05) is 20.3 Å². The molecular formula is C14H22N4O2. The summed E-state index contributed by atoms with van der Waals surface area (Å²) in [6.45, 7) is 3.94. The number of carbonyl (C=O) groups excluding carboxylic acids is 2. The number of rotatable bonds is 5. The number of hydrogen-bond acceptors (Lipinski definition) is 3. The lowest BCUT2D eigenvalue weighted by Crippen LogP contribution is -2.40. The molecule has 110 valence electrons. The van der Waals surface area contributed by atoms with Gasteiger partial charge in [-0.05, 0) is 30.2 Å². The quantitative estimate of drug-likeness (QED) is 0.660. The number of nitrogens with one attached hydrogen (secondary N) is 3. The van der Waals surface area contributed by atoms with Crippen LogP contribution in [0.3, 0.4) is 0 Å². The van der Waals surface area contributed by atoms with Crippen LogP contribution in [0.5, 0.6) is 0 Å². The highest BCUT2D eigenvalue weighted by atomic mass is 16.2. The lowest BCUT2D eigenvalue weighted by atomic mass is 9.99. The van der Waals surface area contributed by atoms with Crippen molar-refractivity contribution in [3.05, 3.63) is 24.3 Å². The SMILES string of the molecule is CCC(C)[C@H](N)C(=O)Nc1ccc(NC(=O)NC)cc1. The summed E-state index contributed by atoms with van der Waals surface area (Å²) in [5, 5.41) is 7.85. The van der Waals surface area contributed by atoms with Crippen molar-refractivity contribution < 1.29 is 9.59 Å². The van der Waals surface area contributed by atoms with Crippen molar-refractivity contribution in [1.82, 2.24) is 5.32 Å². The van der Waals surface area contributed by atoms with Gasteiger partial charge in [0.1, 0.15) is 0 Å². The summed E-state index contributed by atoms with van der Waals surface area (Å²) in [6.07, 6.45) is 0.851. The summed E-state index contributed by atoms with van der Waals surface area (Å²) in [7, 11) is 1.54. The Morgan fingerprint density at radius 1 is 1.15 bits per heavy atom. The Balaban J connectivity index is 2.61. The zero-order valence-corrected chi connectivity index (χ0v) is 12.1. The van der Waals surface area contributed by atoms with E-state index >= 15 is 0 Å². The van der Waals surface area contributed by atoms with E-state index in [1.54, 1.807) is 31.3 Å². The molecule has 0 heterocycles. The van der Waals surface area contributed by atoms with E-state index in [1.807, 2.05) is 13.8 Å². The molecule has 1 unspecified atom stereocenters. The molecular weight excluding hydrogens is 256 g/mol. The van der Waals surface area contributed by atoms with Crippen LogP contribution in [0.15, 0.2) is 24.3 Å². The molecule has 0 saturated carbocycles. The van der Waals surface area contributed by atoms with Crippen molar-refractivity contribution in [2.75, 3.05) is 17.7 Å². The molecule has 0 aliphatic carbocycles. The van der Waals surface area contributed by atoms with Crippen LogP contribution in [0.4, 0.5) is 16.2 Å². The minimum Gasteiger partial charge on any atom is -0.341 e. The average Bonchev–Trinajstić information content (AvgIpc) is 2.47. The fourth-order valence-electron chi connectivity index (χ4n) is 1.57. The zero-order valence-electron chi connectivity index (χ0n) is 12.1. The number of benzene rings is 1. The molecule has 0 aliphatic rings. The first kappa shape index (κ1) is 16.0. The largest absolute Gasteiger partial charge is 0.341 e. The summed E-state index contributed by atoms with van der Waals surface area (Å²) in [5.74, 6) is -0.0736. The van der Waals surface area contributed by atoms with Gasteiger partial charge in [-0.3, -0.25) is 4.79 Å². The first-order chi connectivity index (χ1) is 9.47. The Morgan fingerprint density at radius 2 is 1.65 bits per heavy atom. The molecule has 0 bridgehead atoms. The molecule has 6 nitrogen and oxygen atoms in total. The van der Waals surface area contributed by atoms with Crippen molar-refractivity contribution in [2.45, 2.75) is 26.3 Å². The van der Waals surface area contributed by atoms with Crippen LogP contribution in [0.1, 0.15) is 20.3 Å². The van der Waals surface area contributed by atoms with E-state index in [9.17, 15) is 9.59 Å². The molecule has 1 aromatic carbocycles. The summed E-state index contributed by atoms with van der Waals surface area (Å²) in [6, 6.07) is 6.03. The third kappa shape index (κ3) is 4.55. The van der Waals surface area contributed by atoms with Crippen LogP contribution >= 0.6 is 0 Å². The average molecular weight is 278 g/mol. The highest BCUT2D eigenvalue weighted by molar-refractivity contribution is 5.95. The molecule has 1 rings (SSSR count). The van der Waals surface area contributed by atoms with E-state index < -0.39 is 6.04 Å². The molecule has 2 atom stereocenters. The molecule has 3 amide bonds. The molecule has 0 aromatic heterocycles. The molecule has 0 saturated heterocycles. The maximum atomic E-state index is 11.9. The van der Waals surface area contributed by atoms with Gasteiger partial charge in [0.05, 0.1) is 6.04 Å². The predicted octanol–water partition coefficient (Wildman–Crippen LogP) is 1.75. The van der Waals surface area contributed by atoms with Gasteiger partial charge in [-0.25, -0.2) is 4.79 Å². The van der Waals surface area contributed by atoms with Crippen LogP contribution in [0, 0.1) is 5.92 Å². The summed E-state index contributed by atoms with van der Waals surface area (Å²) in [4.78, 5) is 23.0. The smallest absolute Gasteiger partial charge is 0.318 e. The second-order valence-corrected chi connectivity index (χ2v) is 4.68. The zero-order chi connectivity index (χ0) is 15.1. The Labute approximate surface area is 119 Å². The maximum absolute atomic E-state index is 11.9. The molecule has 20 heavy (non-hydrogen) atoms. The molecule has 5 N–H and O–H groups in total. The highest BCUT2D eigenvalue weighted by Gasteiger charge is 2.19. The normalized spacial score (nSPS) is 13.2. The number of nitrogens with two attached hydrogens (primary N) is 1. The molecule has 0 spiro atoms. The van der Waals surface area contributed by atoms with Gasteiger partial charge in [0.2, 0.25) is 5.91 Å². The van der Waals surface area contributed by atoms with E-state index in [-0.39, 0.29) is 17.9 Å². The monoisotopic (exact) mass is 278 g/mol. The van der Waals surface area contributed by atoms with Gasteiger partial charge in [0, 0.05) is 18.4 Å². The molecule has 0 radical (unpaired) electrons. The van der Waals surface area contributed by atoms with Crippen LogP contribution in [-0.2, 0) is 4.79 Å². The van der Waals surface area contributed by atoms with Crippen LogP contribution in [-0.4, -0.2) is 25.0 Å². The van der Waals surface area contributed by atoms with Crippen LogP contribution < -0.4 is 21.7 Å². The van der Waals surface area contributed by atoms with Gasteiger partial charge in [-0.2, -0.15) is 0 Å². The van der Waals surface area contributed by atoms with Crippen molar-refractivity contribution >= 4 is 23.3 Å². The molecule has 1 aromatic rings. The van der Waals surface area contributed by atoms with Crippen molar-refractivity contribution in [1.29, 1.82) is 0 Å². The summed E-state index contributed by atoms with van der Waals surface area (Å²) < 4.78 is 0. The number of anilines is 2. The highest BCUT2D eigenvalue weighted by Crippen LogP contribution is 2.15. The fourth-order valence-corrected chi connectivity index (χ4v) is 1.57. The Hall–Kier alpha value is -2.08. The maximum Gasteiger partial charge on any atom is 0.318 e. The minimum absolute atomic E-state index is 0.129. The molecule has 0 aliphatic heterocycles. The van der Waals surface area contributed by atoms with Gasteiger partial charge in [-0.15, -0.1) is 0 Å². The third-order valence-electron chi connectivity index (χ3n) is 3.20. The first-order valence-electron chi connectivity index (χ1n) is 6.63.